The summed E-state index contributed by atoms with van der Waals surface area (Å²) in [4.78, 5) is 18.3. The van der Waals surface area contributed by atoms with Gasteiger partial charge in [-0.2, -0.15) is 0 Å². The molecule has 2 unspecified atom stereocenters. The number of hydrogen-bond donors (Lipinski definition) is 1. The standard InChI is InChI=1S/C15H26N4O2/c1-14(2)11(9-15(14,3)21-6)19(5)13(20)17-10-12-16-7-8-18(12)4/h7-8,11H,9-10H2,1-6H3,(H,17,20). The van der Waals surface area contributed by atoms with Crippen LogP contribution in [0.3, 0.4) is 0 Å². The molecule has 1 aromatic heterocycles. The monoisotopic (exact) mass is 294 g/mol. The predicted octanol–water partition coefficient (Wildman–Crippen LogP) is 1.77. The Labute approximate surface area is 126 Å². The van der Waals surface area contributed by atoms with E-state index in [-0.39, 0.29) is 23.1 Å². The highest BCUT2D eigenvalue weighted by atomic mass is 16.5. The molecule has 2 atom stereocenters. The van der Waals surface area contributed by atoms with E-state index in [1.807, 2.05) is 24.9 Å². The van der Waals surface area contributed by atoms with Gasteiger partial charge in [-0.3, -0.25) is 0 Å². The molecule has 1 N–H and O–H groups in total. The molecule has 2 amide bonds. The highest BCUT2D eigenvalue weighted by molar-refractivity contribution is 5.74. The summed E-state index contributed by atoms with van der Waals surface area (Å²) in [7, 11) is 5.49. The number of aromatic nitrogens is 2. The predicted molar refractivity (Wildman–Crippen MR) is 80.8 cm³/mol. The summed E-state index contributed by atoms with van der Waals surface area (Å²) in [6, 6.07) is 0.0954. The van der Waals surface area contributed by atoms with Crippen LogP contribution in [-0.2, 0) is 18.3 Å². The summed E-state index contributed by atoms with van der Waals surface area (Å²) < 4.78 is 7.51. The van der Waals surface area contributed by atoms with Crippen molar-refractivity contribution in [3.8, 4) is 0 Å². The first kappa shape index (κ1) is 15.8. The molecule has 21 heavy (non-hydrogen) atoms. The largest absolute Gasteiger partial charge is 0.378 e. The number of rotatable bonds is 4. The Morgan fingerprint density at radius 1 is 1.57 bits per heavy atom. The number of nitrogens with one attached hydrogen (secondary N) is 1. The molecular formula is C15H26N4O2. The van der Waals surface area contributed by atoms with Crippen molar-refractivity contribution in [1.82, 2.24) is 19.8 Å². The number of aryl methyl sites for hydroxylation is 1. The van der Waals surface area contributed by atoms with Gasteiger partial charge in [0, 0.05) is 45.1 Å². The lowest BCUT2D eigenvalue weighted by Crippen LogP contribution is -2.69. The number of urea groups is 1. The molecule has 6 nitrogen and oxygen atoms in total. The third kappa shape index (κ3) is 2.52. The van der Waals surface area contributed by atoms with Gasteiger partial charge in [-0.1, -0.05) is 13.8 Å². The minimum atomic E-state index is -0.175. The molecule has 0 radical (unpaired) electrons. The van der Waals surface area contributed by atoms with Crippen LogP contribution in [0.1, 0.15) is 33.0 Å². The molecule has 1 aliphatic rings. The van der Waals surface area contributed by atoms with Crippen LogP contribution in [0.4, 0.5) is 4.79 Å². The van der Waals surface area contributed by atoms with Crippen LogP contribution in [0.25, 0.3) is 0 Å². The fraction of sp³-hybridized carbons (Fsp3) is 0.733. The number of ether oxygens (including phenoxy) is 1. The summed E-state index contributed by atoms with van der Waals surface area (Å²) in [6.07, 6.45) is 4.44. The highest BCUT2D eigenvalue weighted by Gasteiger charge is 2.59. The zero-order chi connectivity index (χ0) is 15.8. The number of nitrogens with zero attached hydrogens (tertiary/aromatic N) is 3. The number of hydrogen-bond acceptors (Lipinski definition) is 3. The van der Waals surface area contributed by atoms with Gasteiger partial charge >= 0.3 is 6.03 Å². The molecule has 0 aromatic carbocycles. The Morgan fingerprint density at radius 3 is 2.71 bits per heavy atom. The average Bonchev–Trinajstić information content (AvgIpc) is 2.86. The van der Waals surface area contributed by atoms with Crippen LogP contribution in [0.15, 0.2) is 12.4 Å². The highest BCUT2D eigenvalue weighted by Crippen LogP contribution is 2.53. The quantitative estimate of drug-likeness (QED) is 0.920. The van der Waals surface area contributed by atoms with Crippen LogP contribution < -0.4 is 5.32 Å². The van der Waals surface area contributed by atoms with Crippen molar-refractivity contribution in [3.63, 3.8) is 0 Å². The van der Waals surface area contributed by atoms with Crippen molar-refractivity contribution >= 4 is 6.03 Å². The zero-order valence-corrected chi connectivity index (χ0v) is 13.8. The van der Waals surface area contributed by atoms with E-state index in [0.717, 1.165) is 12.2 Å². The van der Waals surface area contributed by atoms with Crippen LogP contribution in [0.5, 0.6) is 0 Å². The van der Waals surface area contributed by atoms with Crippen molar-refractivity contribution in [2.45, 2.75) is 45.4 Å². The maximum Gasteiger partial charge on any atom is 0.317 e. The second-order valence-electron chi connectivity index (χ2n) is 6.60. The lowest BCUT2D eigenvalue weighted by molar-refractivity contribution is -0.198. The van der Waals surface area contributed by atoms with E-state index in [1.165, 1.54) is 0 Å². The fourth-order valence-electron chi connectivity index (χ4n) is 3.06. The molecule has 0 saturated heterocycles. The smallest absolute Gasteiger partial charge is 0.317 e. The minimum Gasteiger partial charge on any atom is -0.378 e. The van der Waals surface area contributed by atoms with Crippen molar-refractivity contribution in [2.75, 3.05) is 14.2 Å². The zero-order valence-electron chi connectivity index (χ0n) is 13.8. The Bertz CT molecular complexity index is 525. The van der Waals surface area contributed by atoms with Crippen molar-refractivity contribution in [2.24, 2.45) is 12.5 Å². The first-order chi connectivity index (χ1) is 9.73. The van der Waals surface area contributed by atoms with E-state index in [0.29, 0.717) is 6.54 Å². The summed E-state index contributed by atoms with van der Waals surface area (Å²) in [5.74, 6) is 0.839. The second kappa shape index (κ2) is 5.33. The van der Waals surface area contributed by atoms with E-state index in [1.54, 1.807) is 18.2 Å². The van der Waals surface area contributed by atoms with Gasteiger partial charge in [0.25, 0.3) is 0 Å². The molecule has 1 saturated carbocycles. The van der Waals surface area contributed by atoms with E-state index in [2.05, 4.69) is 31.1 Å². The van der Waals surface area contributed by atoms with Gasteiger partial charge in [0.05, 0.1) is 12.1 Å². The number of amides is 2. The SMILES string of the molecule is COC1(C)CC(N(C)C(=O)NCc2nccn2C)C1(C)C. The number of carbonyl (C=O) groups excluding carboxylic acids is 1. The normalized spacial score (nSPS) is 27.0. The number of carbonyl (C=O) groups is 1. The van der Waals surface area contributed by atoms with Gasteiger partial charge in [0.1, 0.15) is 5.82 Å². The molecule has 1 aromatic rings. The average molecular weight is 294 g/mol. The van der Waals surface area contributed by atoms with E-state index < -0.39 is 0 Å². The van der Waals surface area contributed by atoms with Gasteiger partial charge in [0.15, 0.2) is 0 Å². The molecule has 6 heteroatoms. The molecule has 1 aliphatic carbocycles. The third-order valence-corrected chi connectivity index (χ3v) is 5.34. The van der Waals surface area contributed by atoms with Crippen molar-refractivity contribution < 1.29 is 9.53 Å². The minimum absolute atomic E-state index is 0.0724. The van der Waals surface area contributed by atoms with Crippen LogP contribution in [0.2, 0.25) is 0 Å². The van der Waals surface area contributed by atoms with E-state index >= 15 is 0 Å². The van der Waals surface area contributed by atoms with E-state index in [4.69, 9.17) is 4.74 Å². The molecule has 118 valence electrons. The molecule has 1 fully saturated rings. The fourth-order valence-corrected chi connectivity index (χ4v) is 3.06. The Hall–Kier alpha value is -1.56. The first-order valence-electron chi connectivity index (χ1n) is 7.25. The van der Waals surface area contributed by atoms with Gasteiger partial charge in [-0.15, -0.1) is 0 Å². The maximum absolute atomic E-state index is 12.3. The first-order valence-corrected chi connectivity index (χ1v) is 7.25. The molecule has 2 rings (SSSR count). The molecule has 0 aliphatic heterocycles. The van der Waals surface area contributed by atoms with Crippen LogP contribution in [0, 0.1) is 5.41 Å². The van der Waals surface area contributed by atoms with Gasteiger partial charge in [-0.05, 0) is 13.3 Å². The molecular weight excluding hydrogens is 268 g/mol. The van der Waals surface area contributed by atoms with Crippen molar-refractivity contribution in [3.05, 3.63) is 18.2 Å². The Balaban J connectivity index is 1.94. The molecule has 1 heterocycles. The topological polar surface area (TPSA) is 59.4 Å². The second-order valence-corrected chi connectivity index (χ2v) is 6.60. The van der Waals surface area contributed by atoms with Crippen molar-refractivity contribution in [1.29, 1.82) is 0 Å². The van der Waals surface area contributed by atoms with E-state index in [9.17, 15) is 4.79 Å². The molecule has 0 spiro atoms. The van der Waals surface area contributed by atoms with Gasteiger partial charge in [-0.25, -0.2) is 9.78 Å². The van der Waals surface area contributed by atoms with Crippen LogP contribution >= 0.6 is 0 Å². The number of methoxy groups -OCH3 is 1. The Kier molecular flexibility index (Phi) is 4.02. The summed E-state index contributed by atoms with van der Waals surface area (Å²) in [6.45, 7) is 6.82. The summed E-state index contributed by atoms with van der Waals surface area (Å²) in [5.41, 5.74) is -0.247. The Morgan fingerprint density at radius 2 is 2.24 bits per heavy atom. The molecule has 0 bridgehead atoms. The third-order valence-electron chi connectivity index (χ3n) is 5.34. The van der Waals surface area contributed by atoms with Gasteiger partial charge < -0.3 is 19.5 Å². The summed E-state index contributed by atoms with van der Waals surface area (Å²) in [5, 5.41) is 2.92. The van der Waals surface area contributed by atoms with Crippen LogP contribution in [-0.4, -0.2) is 46.3 Å². The summed E-state index contributed by atoms with van der Waals surface area (Å²) >= 11 is 0. The lowest BCUT2D eigenvalue weighted by Gasteiger charge is -2.61. The number of imidazole rings is 1. The maximum atomic E-state index is 12.3. The van der Waals surface area contributed by atoms with Gasteiger partial charge in [0.2, 0.25) is 0 Å². The lowest BCUT2D eigenvalue weighted by atomic mass is 9.55.